The summed E-state index contributed by atoms with van der Waals surface area (Å²) in [6.45, 7) is 5.71. The Balaban J connectivity index is 1.80. The molecule has 0 N–H and O–H groups in total. The number of ether oxygens (including phenoxy) is 1. The van der Waals surface area contributed by atoms with E-state index in [9.17, 15) is 17.6 Å². The van der Waals surface area contributed by atoms with Gasteiger partial charge in [-0.3, -0.25) is 4.31 Å². The van der Waals surface area contributed by atoms with Gasteiger partial charge in [0.1, 0.15) is 11.4 Å². The zero-order valence-electron chi connectivity index (χ0n) is 17.5. The summed E-state index contributed by atoms with van der Waals surface area (Å²) in [7, 11) is -2.34. The maximum absolute atomic E-state index is 13.9. The van der Waals surface area contributed by atoms with Gasteiger partial charge in [-0.1, -0.05) is 18.2 Å². The number of carbonyl (C=O) groups is 1. The van der Waals surface area contributed by atoms with Gasteiger partial charge in [-0.15, -0.1) is 0 Å². The van der Waals surface area contributed by atoms with Crippen molar-refractivity contribution in [2.75, 3.05) is 28.7 Å². The average Bonchev–Trinajstić information content (AvgIpc) is 2.87. The van der Waals surface area contributed by atoms with Crippen LogP contribution >= 0.6 is 0 Å². The van der Waals surface area contributed by atoms with Crippen molar-refractivity contribution in [1.82, 2.24) is 4.90 Å². The third-order valence-electron chi connectivity index (χ3n) is 4.48. The Morgan fingerprint density at radius 2 is 1.77 bits per heavy atom. The lowest BCUT2D eigenvalue weighted by Crippen LogP contribution is -2.38. The minimum atomic E-state index is -3.94. The van der Waals surface area contributed by atoms with Crippen LogP contribution in [0, 0.1) is 5.82 Å². The van der Waals surface area contributed by atoms with Crippen LogP contribution < -0.4 is 8.61 Å². The molecule has 0 radical (unpaired) electrons. The van der Waals surface area contributed by atoms with E-state index in [-0.39, 0.29) is 18.8 Å². The standard InChI is InChI=1S/C21H26FN3O4S/c1-21(2,3)29-20(26)23(4)13-8-14-24-19-15-16(22)11-12-18(19)25(30(24,27)28)17-9-6-5-7-10-17/h5-7,9-12,15H,8,13-14H2,1-4H3. The summed E-state index contributed by atoms with van der Waals surface area (Å²) >= 11 is 0. The van der Waals surface area contributed by atoms with Crippen LogP contribution in [0.15, 0.2) is 48.5 Å². The topological polar surface area (TPSA) is 70.2 Å². The Morgan fingerprint density at radius 3 is 2.40 bits per heavy atom. The summed E-state index contributed by atoms with van der Waals surface area (Å²) in [5.41, 5.74) is 0.525. The molecule has 0 unspecified atom stereocenters. The largest absolute Gasteiger partial charge is 0.444 e. The molecule has 1 amide bonds. The predicted octanol–water partition coefficient (Wildman–Crippen LogP) is 4.29. The molecule has 2 aromatic rings. The van der Waals surface area contributed by atoms with Gasteiger partial charge in [-0.2, -0.15) is 8.42 Å². The van der Waals surface area contributed by atoms with Crippen molar-refractivity contribution in [2.45, 2.75) is 32.8 Å². The zero-order valence-corrected chi connectivity index (χ0v) is 18.3. The molecule has 0 saturated carbocycles. The van der Waals surface area contributed by atoms with E-state index in [4.69, 9.17) is 4.74 Å². The van der Waals surface area contributed by atoms with Crippen LogP contribution in [0.2, 0.25) is 0 Å². The summed E-state index contributed by atoms with van der Waals surface area (Å²) in [6, 6.07) is 12.6. The number of halogens is 1. The smallest absolute Gasteiger partial charge is 0.410 e. The fourth-order valence-corrected chi connectivity index (χ4v) is 4.91. The van der Waals surface area contributed by atoms with Crippen molar-refractivity contribution >= 4 is 33.4 Å². The molecular formula is C21H26FN3O4S. The van der Waals surface area contributed by atoms with Crippen LogP contribution in [0.1, 0.15) is 27.2 Å². The SMILES string of the molecule is CN(CCCN1c2cc(F)ccc2N(c2ccccc2)S1(=O)=O)C(=O)OC(C)(C)C. The van der Waals surface area contributed by atoms with E-state index in [1.807, 2.05) is 0 Å². The van der Waals surface area contributed by atoms with Crippen LogP contribution in [0.4, 0.5) is 26.2 Å². The lowest BCUT2D eigenvalue weighted by molar-refractivity contribution is 0.0298. The van der Waals surface area contributed by atoms with Gasteiger partial charge in [0, 0.05) is 26.2 Å². The Morgan fingerprint density at radius 1 is 1.10 bits per heavy atom. The molecular weight excluding hydrogens is 409 g/mol. The number of carbonyl (C=O) groups excluding carboxylic acids is 1. The average molecular weight is 436 g/mol. The number of benzene rings is 2. The molecule has 2 aromatic carbocycles. The second-order valence-corrected chi connectivity index (χ2v) is 9.77. The fourth-order valence-electron chi connectivity index (χ4n) is 3.17. The van der Waals surface area contributed by atoms with Gasteiger partial charge in [0.15, 0.2) is 0 Å². The Labute approximate surface area is 176 Å². The first-order valence-corrected chi connectivity index (χ1v) is 11.0. The van der Waals surface area contributed by atoms with E-state index in [0.29, 0.717) is 17.8 Å². The van der Waals surface area contributed by atoms with Crippen LogP contribution in [0.25, 0.3) is 0 Å². The molecule has 3 rings (SSSR count). The molecule has 0 aliphatic carbocycles. The zero-order chi connectivity index (χ0) is 22.1. The normalized spacial score (nSPS) is 15.1. The van der Waals surface area contributed by atoms with Crippen LogP contribution in [0.5, 0.6) is 0 Å². The number of hydrogen-bond donors (Lipinski definition) is 0. The van der Waals surface area contributed by atoms with Crippen molar-refractivity contribution < 1.29 is 22.3 Å². The molecule has 30 heavy (non-hydrogen) atoms. The summed E-state index contributed by atoms with van der Waals surface area (Å²) in [4.78, 5) is 13.5. The molecule has 9 heteroatoms. The number of rotatable bonds is 5. The highest BCUT2D eigenvalue weighted by Crippen LogP contribution is 2.45. The molecule has 0 fully saturated rings. The first-order chi connectivity index (χ1) is 14.0. The molecule has 0 bridgehead atoms. The maximum Gasteiger partial charge on any atom is 0.410 e. The third kappa shape index (κ3) is 4.51. The molecule has 1 aliphatic heterocycles. The van der Waals surface area contributed by atoms with Gasteiger partial charge < -0.3 is 9.64 Å². The molecule has 0 saturated heterocycles. The van der Waals surface area contributed by atoms with E-state index in [2.05, 4.69) is 0 Å². The molecule has 0 spiro atoms. The minimum Gasteiger partial charge on any atom is -0.444 e. The highest BCUT2D eigenvalue weighted by molar-refractivity contribution is 7.95. The summed E-state index contributed by atoms with van der Waals surface area (Å²) < 4.78 is 48.2. The number of fused-ring (bicyclic) bond motifs is 1. The molecule has 0 aromatic heterocycles. The number of nitrogens with zero attached hydrogens (tertiary/aromatic N) is 3. The van der Waals surface area contributed by atoms with Gasteiger partial charge in [-0.05, 0) is 51.5 Å². The van der Waals surface area contributed by atoms with Gasteiger partial charge in [0.25, 0.3) is 0 Å². The first kappa shape index (κ1) is 21.9. The van der Waals surface area contributed by atoms with Crippen molar-refractivity contribution in [2.24, 2.45) is 0 Å². The Kier molecular flexibility index (Phi) is 5.94. The Hall–Kier alpha value is -2.81. The van der Waals surface area contributed by atoms with E-state index < -0.39 is 27.7 Å². The van der Waals surface area contributed by atoms with Gasteiger partial charge in [0.2, 0.25) is 0 Å². The van der Waals surface area contributed by atoms with E-state index >= 15 is 0 Å². The second kappa shape index (κ2) is 8.14. The number of para-hydroxylation sites is 1. The quantitative estimate of drug-likeness (QED) is 0.703. The highest BCUT2D eigenvalue weighted by Gasteiger charge is 2.41. The monoisotopic (exact) mass is 435 g/mol. The molecule has 1 aliphatic rings. The van der Waals surface area contributed by atoms with Crippen molar-refractivity contribution in [3.63, 3.8) is 0 Å². The van der Waals surface area contributed by atoms with Crippen LogP contribution in [0.3, 0.4) is 0 Å². The van der Waals surface area contributed by atoms with Crippen molar-refractivity contribution in [1.29, 1.82) is 0 Å². The van der Waals surface area contributed by atoms with E-state index in [1.54, 1.807) is 58.2 Å². The lowest BCUT2D eigenvalue weighted by atomic mass is 10.2. The molecule has 0 atom stereocenters. The Bertz CT molecular complexity index is 1020. The number of amides is 1. The maximum atomic E-state index is 13.9. The lowest BCUT2D eigenvalue weighted by Gasteiger charge is -2.25. The number of anilines is 3. The van der Waals surface area contributed by atoms with Gasteiger partial charge in [0.05, 0.1) is 17.1 Å². The van der Waals surface area contributed by atoms with Crippen molar-refractivity contribution in [3.8, 4) is 0 Å². The fraction of sp³-hybridized carbons (Fsp3) is 0.381. The molecule has 7 nitrogen and oxygen atoms in total. The number of hydrogen-bond acceptors (Lipinski definition) is 4. The second-order valence-electron chi connectivity index (χ2n) is 8.07. The minimum absolute atomic E-state index is 0.0925. The summed E-state index contributed by atoms with van der Waals surface area (Å²) in [5.74, 6) is -0.519. The van der Waals surface area contributed by atoms with Gasteiger partial charge >= 0.3 is 16.3 Å². The highest BCUT2D eigenvalue weighted by atomic mass is 32.2. The van der Waals surface area contributed by atoms with Crippen molar-refractivity contribution in [3.05, 3.63) is 54.3 Å². The summed E-state index contributed by atoms with van der Waals surface area (Å²) in [6.07, 6.45) is -0.128. The predicted molar refractivity (Wildman–Crippen MR) is 115 cm³/mol. The van der Waals surface area contributed by atoms with Gasteiger partial charge in [-0.25, -0.2) is 13.5 Å². The summed E-state index contributed by atoms with van der Waals surface area (Å²) in [5, 5.41) is 0. The molecule has 162 valence electrons. The first-order valence-electron chi connectivity index (χ1n) is 9.62. The molecule has 1 heterocycles. The van der Waals surface area contributed by atoms with E-state index in [0.717, 1.165) is 0 Å². The third-order valence-corrected chi connectivity index (χ3v) is 6.29. The van der Waals surface area contributed by atoms with Crippen LogP contribution in [-0.4, -0.2) is 45.1 Å². The van der Waals surface area contributed by atoms with Crippen LogP contribution in [-0.2, 0) is 14.9 Å². The van der Waals surface area contributed by atoms with E-state index in [1.165, 1.54) is 31.7 Å².